The van der Waals surface area contributed by atoms with Gasteiger partial charge < -0.3 is 0 Å². The molecular weight excluding hydrogens is 401 g/mol. The van der Waals surface area contributed by atoms with E-state index >= 15 is 0 Å². The summed E-state index contributed by atoms with van der Waals surface area (Å²) in [6.45, 7) is 0.328. The summed E-state index contributed by atoms with van der Waals surface area (Å²) >= 11 is 2.18. The Balaban J connectivity index is 2.10. The number of nitriles is 1. The van der Waals surface area contributed by atoms with Crippen LogP contribution in [0.2, 0.25) is 0 Å². The summed E-state index contributed by atoms with van der Waals surface area (Å²) < 4.78 is 26.7. The van der Waals surface area contributed by atoms with Gasteiger partial charge in [0.1, 0.15) is 11.9 Å². The average molecular weight is 411 g/mol. The highest BCUT2D eigenvalue weighted by atomic mass is 127. The standard InChI is InChI=1S/C14H10IN3O2S/c15-13-9-18(14-12(13)6-10(7-16)8-17-14)21(19,20)11-4-2-1-3-5-11/h1-6,8,13H,9H2. The minimum absolute atomic E-state index is 0.0168. The molecule has 1 aromatic heterocycles. The first-order chi connectivity index (χ1) is 10.0. The number of halogens is 1. The molecule has 0 amide bonds. The van der Waals surface area contributed by atoms with Gasteiger partial charge in [0.05, 0.1) is 20.9 Å². The average Bonchev–Trinajstić information content (AvgIpc) is 2.85. The van der Waals surface area contributed by atoms with Crippen LogP contribution in [-0.2, 0) is 10.0 Å². The Bertz CT molecular complexity index is 831. The van der Waals surface area contributed by atoms with Crippen LogP contribution in [0.4, 0.5) is 5.82 Å². The molecule has 1 atom stereocenters. The molecule has 0 N–H and O–H groups in total. The van der Waals surface area contributed by atoms with Gasteiger partial charge in [-0.1, -0.05) is 40.8 Å². The zero-order valence-electron chi connectivity index (χ0n) is 10.8. The van der Waals surface area contributed by atoms with Crippen molar-refractivity contribution in [1.29, 1.82) is 5.26 Å². The normalized spacial score (nSPS) is 17.3. The molecule has 7 heteroatoms. The molecule has 3 rings (SSSR count). The number of benzene rings is 1. The maximum Gasteiger partial charge on any atom is 0.265 e. The quantitative estimate of drug-likeness (QED) is 0.563. The first-order valence-electron chi connectivity index (χ1n) is 6.16. The Morgan fingerprint density at radius 2 is 2.05 bits per heavy atom. The molecule has 0 fully saturated rings. The molecule has 1 aliphatic rings. The molecule has 0 saturated carbocycles. The molecule has 1 aromatic carbocycles. The highest BCUT2D eigenvalue weighted by Crippen LogP contribution is 2.41. The highest BCUT2D eigenvalue weighted by molar-refractivity contribution is 14.1. The molecule has 21 heavy (non-hydrogen) atoms. The Kier molecular flexibility index (Phi) is 3.59. The van der Waals surface area contributed by atoms with Gasteiger partial charge in [0.25, 0.3) is 10.0 Å². The van der Waals surface area contributed by atoms with Crippen LogP contribution in [0, 0.1) is 11.3 Å². The molecule has 5 nitrogen and oxygen atoms in total. The van der Waals surface area contributed by atoms with Crippen molar-refractivity contribution in [3.8, 4) is 6.07 Å². The Labute approximate surface area is 136 Å². The van der Waals surface area contributed by atoms with Crippen molar-refractivity contribution < 1.29 is 8.42 Å². The second-order valence-electron chi connectivity index (χ2n) is 4.57. The molecule has 0 saturated heterocycles. The van der Waals surface area contributed by atoms with Crippen molar-refractivity contribution >= 4 is 38.4 Å². The molecule has 106 valence electrons. The van der Waals surface area contributed by atoms with Gasteiger partial charge in [-0.3, -0.25) is 0 Å². The van der Waals surface area contributed by atoms with Crippen LogP contribution in [0.1, 0.15) is 15.1 Å². The number of aromatic nitrogens is 1. The lowest BCUT2D eigenvalue weighted by Gasteiger charge is -2.18. The van der Waals surface area contributed by atoms with Crippen molar-refractivity contribution in [2.45, 2.75) is 8.82 Å². The lowest BCUT2D eigenvalue weighted by atomic mass is 10.2. The van der Waals surface area contributed by atoms with Crippen LogP contribution >= 0.6 is 22.6 Å². The Hall–Kier alpha value is -1.66. The zero-order chi connectivity index (χ0) is 15.0. The van der Waals surface area contributed by atoms with E-state index in [1.54, 1.807) is 36.4 Å². The van der Waals surface area contributed by atoms with Gasteiger partial charge in [0.2, 0.25) is 0 Å². The monoisotopic (exact) mass is 411 g/mol. The molecule has 0 radical (unpaired) electrons. The van der Waals surface area contributed by atoms with Gasteiger partial charge >= 0.3 is 0 Å². The Morgan fingerprint density at radius 1 is 1.33 bits per heavy atom. The van der Waals surface area contributed by atoms with Crippen molar-refractivity contribution in [2.75, 3.05) is 10.8 Å². The molecule has 2 heterocycles. The van der Waals surface area contributed by atoms with E-state index in [4.69, 9.17) is 5.26 Å². The number of hydrogen-bond acceptors (Lipinski definition) is 4. The lowest BCUT2D eigenvalue weighted by Crippen LogP contribution is -2.29. The lowest BCUT2D eigenvalue weighted by molar-refractivity contribution is 0.592. The first kappa shape index (κ1) is 14.3. The minimum atomic E-state index is -3.62. The number of nitrogens with zero attached hydrogens (tertiary/aromatic N) is 3. The third kappa shape index (κ3) is 2.38. The summed E-state index contributed by atoms with van der Waals surface area (Å²) in [5, 5.41) is 8.93. The second-order valence-corrected chi connectivity index (χ2v) is 7.93. The van der Waals surface area contributed by atoms with Crippen LogP contribution in [0.5, 0.6) is 0 Å². The van der Waals surface area contributed by atoms with Crippen molar-refractivity contribution in [2.24, 2.45) is 0 Å². The van der Waals surface area contributed by atoms with E-state index in [9.17, 15) is 8.42 Å². The Morgan fingerprint density at radius 3 is 2.71 bits per heavy atom. The SMILES string of the molecule is N#Cc1cnc2c(c1)C(I)CN2S(=O)(=O)c1ccccc1. The van der Waals surface area contributed by atoms with Crippen molar-refractivity contribution in [3.63, 3.8) is 0 Å². The molecule has 1 unspecified atom stereocenters. The molecule has 0 spiro atoms. The van der Waals surface area contributed by atoms with E-state index in [1.807, 2.05) is 6.07 Å². The second kappa shape index (κ2) is 5.27. The summed E-state index contributed by atoms with van der Waals surface area (Å²) in [6, 6.07) is 12.0. The molecule has 0 bridgehead atoms. The van der Waals surface area contributed by atoms with Gasteiger partial charge in [-0.05, 0) is 18.2 Å². The van der Waals surface area contributed by atoms with E-state index in [-0.39, 0.29) is 8.82 Å². The molecule has 1 aliphatic heterocycles. The van der Waals surface area contributed by atoms with Crippen LogP contribution in [0.3, 0.4) is 0 Å². The molecular formula is C14H10IN3O2S. The fraction of sp³-hybridized carbons (Fsp3) is 0.143. The van der Waals surface area contributed by atoms with Gasteiger partial charge in [-0.25, -0.2) is 17.7 Å². The summed E-state index contributed by atoms with van der Waals surface area (Å²) in [5.41, 5.74) is 1.23. The van der Waals surface area contributed by atoms with E-state index < -0.39 is 10.0 Å². The maximum atomic E-state index is 12.7. The highest BCUT2D eigenvalue weighted by Gasteiger charge is 2.36. The molecule has 0 aliphatic carbocycles. The summed E-state index contributed by atoms with van der Waals surface area (Å²) in [5.74, 6) is 0.414. The fourth-order valence-corrected chi connectivity index (χ4v) is 4.84. The van der Waals surface area contributed by atoms with Gasteiger partial charge in [0.15, 0.2) is 0 Å². The fourth-order valence-electron chi connectivity index (χ4n) is 2.24. The summed E-state index contributed by atoms with van der Waals surface area (Å²) in [4.78, 5) is 4.42. The topological polar surface area (TPSA) is 74.1 Å². The number of anilines is 1. The predicted molar refractivity (Wildman–Crippen MR) is 86.7 cm³/mol. The van der Waals surface area contributed by atoms with E-state index in [2.05, 4.69) is 27.6 Å². The molecule has 2 aromatic rings. The van der Waals surface area contributed by atoms with Crippen molar-refractivity contribution in [1.82, 2.24) is 4.98 Å². The van der Waals surface area contributed by atoms with E-state index in [0.29, 0.717) is 17.9 Å². The van der Waals surface area contributed by atoms with Crippen LogP contribution in [0.25, 0.3) is 0 Å². The first-order valence-corrected chi connectivity index (χ1v) is 8.84. The van der Waals surface area contributed by atoms with Gasteiger partial charge in [0, 0.05) is 11.8 Å². The number of fused-ring (bicyclic) bond motifs is 1. The maximum absolute atomic E-state index is 12.7. The number of pyridine rings is 1. The largest absolute Gasteiger partial charge is 0.265 e. The van der Waals surface area contributed by atoms with Gasteiger partial charge in [-0.15, -0.1) is 0 Å². The number of alkyl halides is 1. The summed E-state index contributed by atoms with van der Waals surface area (Å²) in [6.07, 6.45) is 1.40. The van der Waals surface area contributed by atoms with Crippen LogP contribution in [0.15, 0.2) is 47.5 Å². The summed E-state index contributed by atoms with van der Waals surface area (Å²) in [7, 11) is -3.62. The van der Waals surface area contributed by atoms with Gasteiger partial charge in [-0.2, -0.15) is 5.26 Å². The number of rotatable bonds is 2. The number of hydrogen-bond donors (Lipinski definition) is 0. The third-order valence-corrected chi connectivity index (χ3v) is 6.09. The smallest absolute Gasteiger partial charge is 0.248 e. The minimum Gasteiger partial charge on any atom is -0.248 e. The van der Waals surface area contributed by atoms with E-state index in [1.165, 1.54) is 10.5 Å². The predicted octanol–water partition coefficient (Wildman–Crippen LogP) is 2.64. The van der Waals surface area contributed by atoms with Crippen molar-refractivity contribution in [3.05, 3.63) is 53.7 Å². The van der Waals surface area contributed by atoms with Crippen LogP contribution in [-0.4, -0.2) is 19.9 Å². The van der Waals surface area contributed by atoms with Crippen LogP contribution < -0.4 is 4.31 Å². The number of sulfonamides is 1. The third-order valence-electron chi connectivity index (χ3n) is 3.26. The zero-order valence-corrected chi connectivity index (χ0v) is 13.7. The van der Waals surface area contributed by atoms with E-state index in [0.717, 1.165) is 5.56 Å².